The number of carbonyl (C=O) groups excluding carboxylic acids is 2. The summed E-state index contributed by atoms with van der Waals surface area (Å²) in [4.78, 5) is 24.6. The van der Waals surface area contributed by atoms with Crippen LogP contribution in [0.5, 0.6) is 0 Å². The van der Waals surface area contributed by atoms with E-state index in [4.69, 9.17) is 9.47 Å². The van der Waals surface area contributed by atoms with Gasteiger partial charge in [0.1, 0.15) is 0 Å². The van der Waals surface area contributed by atoms with Crippen molar-refractivity contribution in [2.45, 2.75) is 148 Å². The second-order valence-corrected chi connectivity index (χ2v) is 14.6. The van der Waals surface area contributed by atoms with Gasteiger partial charge in [0.2, 0.25) is 0 Å². The van der Waals surface area contributed by atoms with E-state index in [-0.39, 0.29) is 31.1 Å². The molecule has 3 rings (SSSR count). The fourth-order valence-corrected chi connectivity index (χ4v) is 7.62. The highest BCUT2D eigenvalue weighted by molar-refractivity contribution is 5.88. The molecule has 0 radical (unpaired) electrons. The van der Waals surface area contributed by atoms with Crippen molar-refractivity contribution in [2.24, 2.45) is 23.7 Å². The fraction of sp³-hybridized carbons (Fsp3) is 0.707. The maximum Gasteiger partial charge on any atom is 0.333 e. The van der Waals surface area contributed by atoms with E-state index in [9.17, 15) is 14.7 Å². The predicted octanol–water partition coefficient (Wildman–Crippen LogP) is 10.1. The van der Waals surface area contributed by atoms with E-state index >= 15 is 0 Å². The van der Waals surface area contributed by atoms with Crippen LogP contribution in [-0.2, 0) is 25.5 Å². The van der Waals surface area contributed by atoms with Crippen LogP contribution in [0, 0.1) is 23.7 Å². The van der Waals surface area contributed by atoms with Gasteiger partial charge in [-0.1, -0.05) is 103 Å². The first-order chi connectivity index (χ1) is 22.2. The summed E-state index contributed by atoms with van der Waals surface area (Å²) in [5, 5.41) is 10.2. The number of benzene rings is 1. The average molecular weight is 637 g/mol. The van der Waals surface area contributed by atoms with Crippen LogP contribution in [0.3, 0.4) is 0 Å². The standard InChI is InChI=1S/C41H64O5/c1-6-8-10-11-32-15-19-35(20-16-32)37-23-25-38(26-24-37)36-21-17-33(18-22-36)13-14-34(28-45-40(43)30(3)4)29-46-41(44)31(5)27-39(42)12-9-7-2/h17-18,21-22,32,34-35,37-39,42H,3,5-16,19-20,23-29H2,1-2,4H3. The summed E-state index contributed by atoms with van der Waals surface area (Å²) in [6.45, 7) is 13.8. The predicted molar refractivity (Wildman–Crippen MR) is 189 cm³/mol. The first-order valence-electron chi connectivity index (χ1n) is 18.6. The smallest absolute Gasteiger partial charge is 0.333 e. The largest absolute Gasteiger partial charge is 0.462 e. The molecule has 0 amide bonds. The van der Waals surface area contributed by atoms with Gasteiger partial charge in [0, 0.05) is 23.5 Å². The summed E-state index contributed by atoms with van der Waals surface area (Å²) < 4.78 is 11.0. The molecule has 2 fully saturated rings. The summed E-state index contributed by atoms with van der Waals surface area (Å²) >= 11 is 0. The zero-order valence-electron chi connectivity index (χ0n) is 29.4. The molecule has 0 bridgehead atoms. The number of carbonyl (C=O) groups is 2. The van der Waals surface area contributed by atoms with E-state index in [1.807, 2.05) is 0 Å². The molecule has 2 aliphatic carbocycles. The van der Waals surface area contributed by atoms with Gasteiger partial charge in [-0.05, 0) is 99.5 Å². The van der Waals surface area contributed by atoms with Crippen molar-refractivity contribution in [3.8, 4) is 0 Å². The average Bonchev–Trinajstić information content (AvgIpc) is 3.07. The summed E-state index contributed by atoms with van der Waals surface area (Å²) in [6, 6.07) is 9.10. The lowest BCUT2D eigenvalue weighted by molar-refractivity contribution is -0.144. The van der Waals surface area contributed by atoms with E-state index < -0.39 is 18.0 Å². The molecule has 5 nitrogen and oxygen atoms in total. The number of ether oxygens (including phenoxy) is 2. The van der Waals surface area contributed by atoms with Gasteiger partial charge in [-0.25, -0.2) is 9.59 Å². The van der Waals surface area contributed by atoms with Crippen molar-refractivity contribution < 1.29 is 24.2 Å². The van der Waals surface area contributed by atoms with Gasteiger partial charge in [0.15, 0.2) is 0 Å². The minimum Gasteiger partial charge on any atom is -0.462 e. The fourth-order valence-electron chi connectivity index (χ4n) is 7.62. The Hall–Kier alpha value is -2.40. The van der Waals surface area contributed by atoms with Gasteiger partial charge in [0.25, 0.3) is 0 Å². The molecule has 258 valence electrons. The van der Waals surface area contributed by atoms with Crippen molar-refractivity contribution in [3.05, 3.63) is 59.7 Å². The van der Waals surface area contributed by atoms with Gasteiger partial charge in [0.05, 0.1) is 19.3 Å². The minimum atomic E-state index is -0.588. The van der Waals surface area contributed by atoms with Crippen LogP contribution in [0.15, 0.2) is 48.6 Å². The summed E-state index contributed by atoms with van der Waals surface area (Å²) in [5.41, 5.74) is 3.32. The van der Waals surface area contributed by atoms with Crippen LogP contribution in [0.25, 0.3) is 0 Å². The number of esters is 2. The molecular weight excluding hydrogens is 572 g/mol. The highest BCUT2D eigenvalue weighted by Crippen LogP contribution is 2.44. The van der Waals surface area contributed by atoms with Gasteiger partial charge >= 0.3 is 11.9 Å². The van der Waals surface area contributed by atoms with Crippen molar-refractivity contribution in [1.29, 1.82) is 0 Å². The molecule has 1 aromatic rings. The van der Waals surface area contributed by atoms with E-state index in [2.05, 4.69) is 51.3 Å². The number of hydrogen-bond donors (Lipinski definition) is 1. The third-order valence-corrected chi connectivity index (χ3v) is 10.7. The Balaban J connectivity index is 1.44. The van der Waals surface area contributed by atoms with E-state index in [1.54, 1.807) is 6.92 Å². The Morgan fingerprint density at radius 2 is 1.39 bits per heavy atom. The van der Waals surface area contributed by atoms with Crippen LogP contribution >= 0.6 is 0 Å². The van der Waals surface area contributed by atoms with Gasteiger partial charge < -0.3 is 14.6 Å². The molecule has 0 saturated heterocycles. The monoisotopic (exact) mass is 636 g/mol. The van der Waals surface area contributed by atoms with Gasteiger partial charge in [-0.15, -0.1) is 0 Å². The SMILES string of the molecule is C=C(C)C(=O)OCC(CCc1ccc(C2CCC(C3CCC(CCCCC)CC3)CC2)cc1)COC(=O)C(=C)CC(O)CCCC. The van der Waals surface area contributed by atoms with Crippen LogP contribution in [0.4, 0.5) is 0 Å². The zero-order chi connectivity index (χ0) is 33.3. The molecule has 2 unspecified atom stereocenters. The minimum absolute atomic E-state index is 0.133. The highest BCUT2D eigenvalue weighted by Gasteiger charge is 2.31. The Morgan fingerprint density at radius 1 is 0.804 bits per heavy atom. The summed E-state index contributed by atoms with van der Waals surface area (Å²) in [5.74, 6) is 2.47. The molecule has 2 aliphatic rings. The van der Waals surface area contributed by atoms with Crippen LogP contribution < -0.4 is 0 Å². The molecule has 0 aromatic heterocycles. The number of aryl methyl sites for hydroxylation is 1. The number of hydrogen-bond acceptors (Lipinski definition) is 5. The second-order valence-electron chi connectivity index (χ2n) is 14.6. The molecule has 2 saturated carbocycles. The molecule has 1 N–H and O–H groups in total. The van der Waals surface area contributed by atoms with Crippen molar-refractivity contribution >= 4 is 11.9 Å². The lowest BCUT2D eigenvalue weighted by Crippen LogP contribution is -2.25. The zero-order valence-corrected chi connectivity index (χ0v) is 29.4. The lowest BCUT2D eigenvalue weighted by atomic mass is 9.68. The van der Waals surface area contributed by atoms with Crippen molar-refractivity contribution in [3.63, 3.8) is 0 Å². The van der Waals surface area contributed by atoms with E-state index in [1.165, 1.54) is 88.2 Å². The number of rotatable bonds is 20. The van der Waals surface area contributed by atoms with Crippen LogP contribution in [0.2, 0.25) is 0 Å². The van der Waals surface area contributed by atoms with Crippen molar-refractivity contribution in [2.75, 3.05) is 13.2 Å². The van der Waals surface area contributed by atoms with Gasteiger partial charge in [-0.2, -0.15) is 0 Å². The molecule has 0 aliphatic heterocycles. The molecule has 2 atom stereocenters. The topological polar surface area (TPSA) is 72.8 Å². The molecule has 46 heavy (non-hydrogen) atoms. The maximum absolute atomic E-state index is 12.6. The van der Waals surface area contributed by atoms with Gasteiger partial charge in [-0.3, -0.25) is 0 Å². The summed E-state index contributed by atoms with van der Waals surface area (Å²) in [7, 11) is 0. The van der Waals surface area contributed by atoms with Crippen LogP contribution in [-0.4, -0.2) is 36.4 Å². The Bertz CT molecular complexity index is 1060. The normalized spacial score (nSPS) is 22.9. The first-order valence-corrected chi connectivity index (χ1v) is 18.6. The Morgan fingerprint density at radius 3 is 1.98 bits per heavy atom. The first kappa shape index (κ1) is 38.1. The van der Waals surface area contributed by atoms with E-state index in [0.29, 0.717) is 24.3 Å². The number of unbranched alkanes of at least 4 members (excludes halogenated alkanes) is 3. The molecule has 0 heterocycles. The Labute approximate surface area is 280 Å². The van der Waals surface area contributed by atoms with E-state index in [0.717, 1.165) is 37.0 Å². The number of aliphatic hydroxyl groups is 1. The number of aliphatic hydroxyl groups excluding tert-OH is 1. The third kappa shape index (κ3) is 13.4. The quantitative estimate of drug-likeness (QED) is 0.0876. The lowest BCUT2D eigenvalue weighted by Gasteiger charge is -2.38. The summed E-state index contributed by atoms with van der Waals surface area (Å²) in [6.07, 6.45) is 20.5. The molecule has 5 heteroatoms. The van der Waals surface area contributed by atoms with Crippen LogP contribution in [0.1, 0.15) is 147 Å². The molecule has 1 aromatic carbocycles. The molecular formula is C41H64O5. The van der Waals surface area contributed by atoms with Crippen molar-refractivity contribution in [1.82, 2.24) is 0 Å². The maximum atomic E-state index is 12.6. The second kappa shape index (κ2) is 20.8. The highest BCUT2D eigenvalue weighted by atomic mass is 16.5. The Kier molecular flexibility index (Phi) is 17.2. The third-order valence-electron chi connectivity index (χ3n) is 10.7. The molecule has 0 spiro atoms.